The van der Waals surface area contributed by atoms with Crippen molar-refractivity contribution in [1.82, 2.24) is 10.2 Å². The molecule has 0 heterocycles. The number of esters is 2. The summed E-state index contributed by atoms with van der Waals surface area (Å²) in [6, 6.07) is 9.63. The van der Waals surface area contributed by atoms with E-state index in [0.29, 0.717) is 12.8 Å². The smallest absolute Gasteiger partial charge is 0.413 e. The highest BCUT2D eigenvalue weighted by molar-refractivity contribution is 5.93. The zero-order valence-corrected chi connectivity index (χ0v) is 16.2. The third-order valence-electron chi connectivity index (χ3n) is 3.52. The molecular weight excluding hydrogens is 366 g/mol. The van der Waals surface area contributed by atoms with Gasteiger partial charge in [0.25, 0.3) is 0 Å². The van der Waals surface area contributed by atoms with E-state index in [1.165, 1.54) is 11.9 Å². The van der Waals surface area contributed by atoms with E-state index in [4.69, 9.17) is 19.6 Å². The van der Waals surface area contributed by atoms with Gasteiger partial charge in [-0.15, -0.1) is 0 Å². The molecule has 0 aliphatic carbocycles. The molecule has 0 aliphatic heterocycles. The quantitative estimate of drug-likeness (QED) is 0.204. The number of hydrogen-bond donors (Lipinski definition) is 2. The number of hydrogen-bond acceptors (Lipinski definition) is 7. The van der Waals surface area contributed by atoms with Crippen LogP contribution in [0.2, 0.25) is 0 Å². The van der Waals surface area contributed by atoms with Crippen molar-refractivity contribution in [2.24, 2.45) is 0 Å². The molecular formula is C19H27N3O6. The molecule has 1 rings (SSSR count). The SMILES string of the molecule is CCOC(=O)CN(C)C(=N)NC(=O)OCCCOC(=O)CCc1ccccc1. The van der Waals surface area contributed by atoms with Crippen molar-refractivity contribution in [1.29, 1.82) is 5.41 Å². The fraction of sp³-hybridized carbons (Fsp3) is 0.474. The second-order valence-corrected chi connectivity index (χ2v) is 5.83. The Morgan fingerprint density at radius 2 is 1.71 bits per heavy atom. The maximum Gasteiger partial charge on any atom is 0.413 e. The monoisotopic (exact) mass is 393 g/mol. The Balaban J connectivity index is 2.10. The van der Waals surface area contributed by atoms with Crippen molar-refractivity contribution in [3.63, 3.8) is 0 Å². The average Bonchev–Trinajstić information content (AvgIpc) is 2.67. The molecule has 28 heavy (non-hydrogen) atoms. The summed E-state index contributed by atoms with van der Waals surface area (Å²) < 4.78 is 14.7. The van der Waals surface area contributed by atoms with E-state index in [9.17, 15) is 14.4 Å². The first-order valence-corrected chi connectivity index (χ1v) is 9.01. The average molecular weight is 393 g/mol. The summed E-state index contributed by atoms with van der Waals surface area (Å²) in [4.78, 5) is 35.8. The Hall–Kier alpha value is -3.10. The molecule has 0 saturated heterocycles. The van der Waals surface area contributed by atoms with Crippen LogP contribution in [0.3, 0.4) is 0 Å². The van der Waals surface area contributed by atoms with Crippen LogP contribution in [0.5, 0.6) is 0 Å². The maximum atomic E-state index is 11.7. The molecule has 0 aromatic heterocycles. The summed E-state index contributed by atoms with van der Waals surface area (Å²) in [6.07, 6.45) is 0.419. The van der Waals surface area contributed by atoms with Crippen molar-refractivity contribution < 1.29 is 28.6 Å². The van der Waals surface area contributed by atoms with Gasteiger partial charge in [0.1, 0.15) is 6.54 Å². The largest absolute Gasteiger partial charge is 0.466 e. The van der Waals surface area contributed by atoms with Gasteiger partial charge in [-0.1, -0.05) is 30.3 Å². The second kappa shape index (κ2) is 13.1. The van der Waals surface area contributed by atoms with Gasteiger partial charge in [0.15, 0.2) is 0 Å². The van der Waals surface area contributed by atoms with Gasteiger partial charge in [-0.3, -0.25) is 20.3 Å². The number of ether oxygens (including phenoxy) is 3. The van der Waals surface area contributed by atoms with E-state index in [1.54, 1.807) is 6.92 Å². The van der Waals surface area contributed by atoms with E-state index < -0.39 is 12.1 Å². The highest BCUT2D eigenvalue weighted by atomic mass is 16.6. The van der Waals surface area contributed by atoms with Gasteiger partial charge in [-0.05, 0) is 18.9 Å². The standard InChI is InChI=1S/C19H27N3O6/c1-3-26-17(24)14-22(2)18(20)21-19(25)28-13-7-12-27-16(23)11-10-15-8-5-4-6-9-15/h4-6,8-9H,3,7,10-14H2,1-2H3,(H2,20,21,25). The third-order valence-corrected chi connectivity index (χ3v) is 3.52. The lowest BCUT2D eigenvalue weighted by molar-refractivity contribution is -0.144. The predicted molar refractivity (Wildman–Crippen MR) is 102 cm³/mol. The van der Waals surface area contributed by atoms with Crippen LogP contribution in [0, 0.1) is 5.41 Å². The number of nitrogens with one attached hydrogen (secondary N) is 2. The van der Waals surface area contributed by atoms with Crippen molar-refractivity contribution in [2.45, 2.75) is 26.2 Å². The van der Waals surface area contributed by atoms with Crippen LogP contribution in [-0.2, 0) is 30.2 Å². The van der Waals surface area contributed by atoms with Crippen LogP contribution in [-0.4, -0.2) is 62.3 Å². The number of nitrogens with zero attached hydrogens (tertiary/aromatic N) is 1. The number of amides is 1. The summed E-state index contributed by atoms with van der Waals surface area (Å²) in [5.41, 5.74) is 1.06. The summed E-state index contributed by atoms with van der Waals surface area (Å²) in [5, 5.41) is 9.88. The number of alkyl carbamates (subject to hydrolysis) is 1. The van der Waals surface area contributed by atoms with Crippen molar-refractivity contribution >= 4 is 24.0 Å². The number of aryl methyl sites for hydroxylation is 1. The van der Waals surface area contributed by atoms with E-state index in [2.05, 4.69) is 5.32 Å². The van der Waals surface area contributed by atoms with Crippen LogP contribution < -0.4 is 5.32 Å². The Morgan fingerprint density at radius 3 is 2.39 bits per heavy atom. The van der Waals surface area contributed by atoms with E-state index in [-0.39, 0.29) is 44.7 Å². The lowest BCUT2D eigenvalue weighted by Crippen LogP contribution is -2.44. The molecule has 2 N–H and O–H groups in total. The predicted octanol–water partition coefficient (Wildman–Crippen LogP) is 1.71. The number of likely N-dealkylation sites (N-methyl/N-ethyl adjacent to an activating group) is 1. The molecule has 0 unspecified atom stereocenters. The van der Waals surface area contributed by atoms with Crippen LogP contribution >= 0.6 is 0 Å². The summed E-state index contributed by atoms with van der Waals surface area (Å²) in [7, 11) is 1.47. The van der Waals surface area contributed by atoms with Crippen molar-refractivity contribution in [2.75, 3.05) is 33.4 Å². The van der Waals surface area contributed by atoms with Crippen molar-refractivity contribution in [3.05, 3.63) is 35.9 Å². The van der Waals surface area contributed by atoms with Crippen molar-refractivity contribution in [3.8, 4) is 0 Å². The minimum absolute atomic E-state index is 0.0344. The molecule has 0 atom stereocenters. The van der Waals surface area contributed by atoms with E-state index >= 15 is 0 Å². The maximum absolute atomic E-state index is 11.7. The Labute approximate surface area is 164 Å². The highest BCUT2D eigenvalue weighted by Crippen LogP contribution is 2.03. The molecule has 0 saturated carbocycles. The molecule has 0 bridgehead atoms. The lowest BCUT2D eigenvalue weighted by atomic mass is 10.1. The van der Waals surface area contributed by atoms with Gasteiger partial charge in [0.2, 0.25) is 5.96 Å². The molecule has 0 aliphatic rings. The van der Waals surface area contributed by atoms with Gasteiger partial charge >= 0.3 is 18.0 Å². The molecule has 1 aromatic rings. The first-order chi connectivity index (χ1) is 13.4. The zero-order chi connectivity index (χ0) is 20.8. The van der Waals surface area contributed by atoms with Gasteiger partial charge in [-0.2, -0.15) is 0 Å². The molecule has 9 nitrogen and oxygen atoms in total. The Morgan fingerprint density at radius 1 is 1.04 bits per heavy atom. The summed E-state index contributed by atoms with van der Waals surface area (Å²) in [6.45, 7) is 1.94. The number of carbonyl (C=O) groups excluding carboxylic acids is 3. The first kappa shape index (κ1) is 22.9. The van der Waals surface area contributed by atoms with Gasteiger partial charge in [0.05, 0.1) is 19.8 Å². The molecule has 1 aromatic carbocycles. The van der Waals surface area contributed by atoms with Crippen LogP contribution in [0.4, 0.5) is 4.79 Å². The topological polar surface area (TPSA) is 118 Å². The molecule has 0 fully saturated rings. The van der Waals surface area contributed by atoms with Crippen LogP contribution in [0.25, 0.3) is 0 Å². The van der Waals surface area contributed by atoms with Crippen LogP contribution in [0.1, 0.15) is 25.3 Å². The lowest BCUT2D eigenvalue weighted by Gasteiger charge is -2.18. The minimum Gasteiger partial charge on any atom is -0.466 e. The second-order valence-electron chi connectivity index (χ2n) is 5.83. The number of rotatable bonds is 10. The van der Waals surface area contributed by atoms with Gasteiger partial charge in [-0.25, -0.2) is 4.79 Å². The van der Waals surface area contributed by atoms with E-state index in [1.807, 2.05) is 30.3 Å². The fourth-order valence-electron chi connectivity index (χ4n) is 2.08. The minimum atomic E-state index is -0.823. The molecule has 9 heteroatoms. The number of guanidine groups is 1. The summed E-state index contributed by atoms with van der Waals surface area (Å²) in [5.74, 6) is -1.10. The molecule has 0 radical (unpaired) electrons. The van der Waals surface area contributed by atoms with Crippen LogP contribution in [0.15, 0.2) is 30.3 Å². The normalized spacial score (nSPS) is 9.93. The Bertz CT molecular complexity index is 650. The third kappa shape index (κ3) is 10.1. The van der Waals surface area contributed by atoms with Gasteiger partial charge in [0, 0.05) is 19.9 Å². The molecule has 0 spiro atoms. The first-order valence-electron chi connectivity index (χ1n) is 9.01. The number of benzene rings is 1. The summed E-state index contributed by atoms with van der Waals surface area (Å²) >= 11 is 0. The van der Waals surface area contributed by atoms with E-state index in [0.717, 1.165) is 5.56 Å². The van der Waals surface area contributed by atoms with Gasteiger partial charge < -0.3 is 19.1 Å². The number of carbonyl (C=O) groups is 3. The Kier molecular flexibility index (Phi) is 10.8. The molecule has 154 valence electrons. The fourth-order valence-corrected chi connectivity index (χ4v) is 2.08. The molecule has 1 amide bonds. The zero-order valence-electron chi connectivity index (χ0n) is 16.2. The highest BCUT2D eigenvalue weighted by Gasteiger charge is 2.13.